The van der Waals surface area contributed by atoms with Crippen LogP contribution in [0.5, 0.6) is 0 Å². The Labute approximate surface area is 68.1 Å². The Kier molecular flexibility index (Phi) is 2.25. The van der Waals surface area contributed by atoms with Crippen LogP contribution >= 0.6 is 0 Å². The monoisotopic (exact) mass is 151 g/mol. The molecule has 0 fully saturated rings. The van der Waals surface area contributed by atoms with E-state index in [1.807, 2.05) is 12.3 Å². The molecule has 0 aliphatic carbocycles. The number of aromatic nitrogens is 1. The first-order valence-corrected chi connectivity index (χ1v) is 3.77. The first kappa shape index (κ1) is 8.21. The van der Waals surface area contributed by atoms with Gasteiger partial charge >= 0.3 is 0 Å². The van der Waals surface area contributed by atoms with Gasteiger partial charge in [-0.15, -0.1) is 0 Å². The second-order valence-corrected chi connectivity index (χ2v) is 3.81. The smallest absolute Gasteiger partial charge is 0.105 e. The molecule has 1 aromatic heterocycles. The summed E-state index contributed by atoms with van der Waals surface area (Å²) in [6.45, 7) is 1.04. The van der Waals surface area contributed by atoms with Gasteiger partial charge in [-0.25, -0.2) is 0 Å². The van der Waals surface area contributed by atoms with E-state index in [-0.39, 0.29) is 0 Å². The van der Waals surface area contributed by atoms with Crippen molar-refractivity contribution in [3.05, 3.63) is 30.1 Å². The maximum atomic E-state index is 4.06. The Morgan fingerprint density at radius 2 is 2.09 bits per heavy atom. The fourth-order valence-electron chi connectivity index (χ4n) is 1.04. The number of quaternary nitrogens is 1. The second kappa shape index (κ2) is 3.01. The Balaban J connectivity index is 2.66. The van der Waals surface area contributed by atoms with Crippen molar-refractivity contribution >= 4 is 0 Å². The number of rotatable bonds is 2. The highest BCUT2D eigenvalue weighted by atomic mass is 15.3. The molecule has 2 heteroatoms. The fourth-order valence-corrected chi connectivity index (χ4v) is 1.04. The lowest BCUT2D eigenvalue weighted by Gasteiger charge is -2.23. The summed E-state index contributed by atoms with van der Waals surface area (Å²) < 4.78 is 0.950. The highest BCUT2D eigenvalue weighted by Crippen LogP contribution is 2.03. The average molecular weight is 151 g/mol. The van der Waals surface area contributed by atoms with Crippen LogP contribution in [0.1, 0.15) is 5.56 Å². The van der Waals surface area contributed by atoms with Gasteiger partial charge in [0.25, 0.3) is 0 Å². The van der Waals surface area contributed by atoms with Gasteiger partial charge < -0.3 is 4.48 Å². The van der Waals surface area contributed by atoms with Crippen molar-refractivity contribution in [3.63, 3.8) is 0 Å². The van der Waals surface area contributed by atoms with Crippen molar-refractivity contribution in [2.75, 3.05) is 21.1 Å². The van der Waals surface area contributed by atoms with Gasteiger partial charge in [0.2, 0.25) is 0 Å². The topological polar surface area (TPSA) is 12.9 Å². The molecule has 1 rings (SSSR count). The minimum absolute atomic E-state index is 0.950. The SMILES string of the molecule is C[N+](C)(C)Cc1cccnc1. The van der Waals surface area contributed by atoms with Gasteiger partial charge in [0.15, 0.2) is 0 Å². The molecule has 0 N–H and O–H groups in total. The molecule has 0 unspecified atom stereocenters. The molecular formula is C9H15N2+. The van der Waals surface area contributed by atoms with Gasteiger partial charge in [0.1, 0.15) is 6.54 Å². The number of hydrogen-bond acceptors (Lipinski definition) is 1. The molecule has 1 aromatic rings. The molecule has 0 spiro atoms. The Morgan fingerprint density at radius 3 is 2.55 bits per heavy atom. The molecule has 0 saturated heterocycles. The van der Waals surface area contributed by atoms with Gasteiger partial charge in [-0.3, -0.25) is 4.98 Å². The van der Waals surface area contributed by atoms with Crippen LogP contribution in [-0.2, 0) is 6.54 Å². The van der Waals surface area contributed by atoms with Crippen LogP contribution in [0.4, 0.5) is 0 Å². The third kappa shape index (κ3) is 3.14. The summed E-state index contributed by atoms with van der Waals surface area (Å²) in [6, 6.07) is 4.08. The Bertz CT molecular complexity index is 211. The van der Waals surface area contributed by atoms with Crippen molar-refractivity contribution in [3.8, 4) is 0 Å². The maximum Gasteiger partial charge on any atom is 0.105 e. The van der Waals surface area contributed by atoms with E-state index in [4.69, 9.17) is 0 Å². The molecule has 0 atom stereocenters. The standard InChI is InChI=1S/C9H15N2/c1-11(2,3)8-9-5-4-6-10-7-9/h4-7H,8H2,1-3H3/q+1. The quantitative estimate of drug-likeness (QED) is 0.580. The molecule has 0 aliphatic heterocycles. The van der Waals surface area contributed by atoms with Crippen LogP contribution < -0.4 is 0 Å². The molecule has 0 radical (unpaired) electrons. The van der Waals surface area contributed by atoms with Crippen molar-refractivity contribution < 1.29 is 4.48 Å². The number of nitrogens with zero attached hydrogens (tertiary/aromatic N) is 2. The second-order valence-electron chi connectivity index (χ2n) is 3.81. The van der Waals surface area contributed by atoms with Gasteiger partial charge in [0, 0.05) is 18.0 Å². The summed E-state index contributed by atoms with van der Waals surface area (Å²) in [5.41, 5.74) is 1.29. The lowest BCUT2D eigenvalue weighted by atomic mass is 10.2. The van der Waals surface area contributed by atoms with Crippen molar-refractivity contribution in [1.82, 2.24) is 4.98 Å². The van der Waals surface area contributed by atoms with Crippen LogP contribution in [0.15, 0.2) is 24.5 Å². The van der Waals surface area contributed by atoms with Crippen molar-refractivity contribution in [1.29, 1.82) is 0 Å². The highest BCUT2D eigenvalue weighted by Gasteiger charge is 2.07. The largest absolute Gasteiger partial charge is 0.327 e. The average Bonchev–Trinajstić information content (AvgIpc) is 1.85. The van der Waals surface area contributed by atoms with Crippen LogP contribution in [0.25, 0.3) is 0 Å². The van der Waals surface area contributed by atoms with E-state index in [9.17, 15) is 0 Å². The first-order chi connectivity index (χ1) is 5.08. The summed E-state index contributed by atoms with van der Waals surface area (Å²) in [7, 11) is 6.52. The predicted molar refractivity (Wildman–Crippen MR) is 46.0 cm³/mol. The minimum atomic E-state index is 0.950. The number of pyridine rings is 1. The van der Waals surface area contributed by atoms with E-state index >= 15 is 0 Å². The molecule has 2 nitrogen and oxygen atoms in total. The zero-order chi connectivity index (χ0) is 8.32. The van der Waals surface area contributed by atoms with Gasteiger partial charge in [-0.1, -0.05) is 6.07 Å². The van der Waals surface area contributed by atoms with Gasteiger partial charge in [-0.05, 0) is 6.07 Å². The Hall–Kier alpha value is -0.890. The molecule has 0 aromatic carbocycles. The fraction of sp³-hybridized carbons (Fsp3) is 0.444. The molecular weight excluding hydrogens is 136 g/mol. The van der Waals surface area contributed by atoms with Crippen LogP contribution in [0, 0.1) is 0 Å². The van der Waals surface area contributed by atoms with E-state index in [0.717, 1.165) is 11.0 Å². The summed E-state index contributed by atoms with van der Waals surface area (Å²) >= 11 is 0. The molecule has 0 saturated carbocycles. The van der Waals surface area contributed by atoms with Crippen molar-refractivity contribution in [2.24, 2.45) is 0 Å². The molecule has 0 bridgehead atoms. The van der Waals surface area contributed by atoms with Gasteiger partial charge in [-0.2, -0.15) is 0 Å². The Morgan fingerprint density at radius 1 is 1.36 bits per heavy atom. The number of hydrogen-bond donors (Lipinski definition) is 0. The van der Waals surface area contributed by atoms with E-state index in [1.54, 1.807) is 6.20 Å². The summed E-state index contributed by atoms with van der Waals surface area (Å²) in [5, 5.41) is 0. The molecule has 0 amide bonds. The molecule has 0 aliphatic rings. The molecule has 60 valence electrons. The third-order valence-corrected chi connectivity index (χ3v) is 1.38. The van der Waals surface area contributed by atoms with Crippen LogP contribution in [-0.4, -0.2) is 30.6 Å². The first-order valence-electron chi connectivity index (χ1n) is 3.77. The van der Waals surface area contributed by atoms with E-state index in [2.05, 4.69) is 32.2 Å². The van der Waals surface area contributed by atoms with Crippen molar-refractivity contribution in [2.45, 2.75) is 6.54 Å². The van der Waals surface area contributed by atoms with E-state index in [1.165, 1.54) is 5.56 Å². The lowest BCUT2D eigenvalue weighted by molar-refractivity contribution is -0.884. The van der Waals surface area contributed by atoms with Gasteiger partial charge in [0.05, 0.1) is 21.1 Å². The van der Waals surface area contributed by atoms with Crippen LogP contribution in [0.2, 0.25) is 0 Å². The summed E-state index contributed by atoms with van der Waals surface area (Å²) in [5.74, 6) is 0. The lowest BCUT2D eigenvalue weighted by Crippen LogP contribution is -2.33. The zero-order valence-corrected chi connectivity index (χ0v) is 7.41. The maximum absolute atomic E-state index is 4.06. The highest BCUT2D eigenvalue weighted by molar-refractivity contribution is 5.06. The summed E-state index contributed by atoms with van der Waals surface area (Å²) in [4.78, 5) is 4.06. The molecule has 1 heterocycles. The normalized spacial score (nSPS) is 11.5. The minimum Gasteiger partial charge on any atom is -0.327 e. The van der Waals surface area contributed by atoms with Crippen LogP contribution in [0.3, 0.4) is 0 Å². The van der Waals surface area contributed by atoms with E-state index in [0.29, 0.717) is 0 Å². The molecule has 11 heavy (non-hydrogen) atoms. The zero-order valence-electron chi connectivity index (χ0n) is 7.41. The summed E-state index contributed by atoms with van der Waals surface area (Å²) in [6.07, 6.45) is 3.72. The predicted octanol–water partition coefficient (Wildman–Crippen LogP) is 1.29. The van der Waals surface area contributed by atoms with E-state index < -0.39 is 0 Å². The third-order valence-electron chi connectivity index (χ3n) is 1.38.